The van der Waals surface area contributed by atoms with Gasteiger partial charge in [-0.2, -0.15) is 0 Å². The first-order chi connectivity index (χ1) is 11.7. The Morgan fingerprint density at radius 1 is 1.12 bits per heavy atom. The fourth-order valence-electron chi connectivity index (χ4n) is 2.38. The predicted molar refractivity (Wildman–Crippen MR) is 96.7 cm³/mol. The number of rotatable bonds is 3. The summed E-state index contributed by atoms with van der Waals surface area (Å²) in [6, 6.07) is 16.7. The molecule has 4 rings (SSSR count). The molecule has 0 saturated carbocycles. The van der Waals surface area contributed by atoms with Gasteiger partial charge >= 0.3 is 0 Å². The van der Waals surface area contributed by atoms with Crippen molar-refractivity contribution in [3.8, 4) is 11.3 Å². The van der Waals surface area contributed by atoms with Gasteiger partial charge in [0, 0.05) is 21.4 Å². The Hall–Kier alpha value is -2.63. The maximum absolute atomic E-state index is 12.3. The molecule has 0 spiro atoms. The van der Waals surface area contributed by atoms with Crippen LogP contribution in [0.1, 0.15) is 10.6 Å². The van der Waals surface area contributed by atoms with E-state index in [0.29, 0.717) is 15.7 Å². The maximum atomic E-state index is 12.3. The first-order valence-electron chi connectivity index (χ1n) is 7.21. The van der Waals surface area contributed by atoms with Crippen LogP contribution in [0.25, 0.3) is 22.2 Å². The summed E-state index contributed by atoms with van der Waals surface area (Å²) in [5, 5.41) is 6.62. The summed E-state index contributed by atoms with van der Waals surface area (Å²) in [4.78, 5) is 16.8. The highest BCUT2D eigenvalue weighted by molar-refractivity contribution is 7.14. The lowest BCUT2D eigenvalue weighted by Crippen LogP contribution is -2.10. The SMILES string of the molecule is O=C(Nc1nc(-c2ccccc2Cl)cs1)c1cc2ccccc2o1. The van der Waals surface area contributed by atoms with Crippen LogP contribution in [0.15, 0.2) is 64.4 Å². The topological polar surface area (TPSA) is 55.1 Å². The summed E-state index contributed by atoms with van der Waals surface area (Å²) < 4.78 is 5.56. The fourth-order valence-corrected chi connectivity index (χ4v) is 3.31. The highest BCUT2D eigenvalue weighted by atomic mass is 35.5. The highest BCUT2D eigenvalue weighted by Crippen LogP contribution is 2.30. The number of para-hydroxylation sites is 1. The fraction of sp³-hybridized carbons (Fsp3) is 0. The number of anilines is 1. The summed E-state index contributed by atoms with van der Waals surface area (Å²) in [6.45, 7) is 0. The molecule has 4 nitrogen and oxygen atoms in total. The molecule has 118 valence electrons. The van der Waals surface area contributed by atoms with Gasteiger partial charge in [-0.05, 0) is 18.2 Å². The average molecular weight is 355 g/mol. The summed E-state index contributed by atoms with van der Waals surface area (Å²) in [6.07, 6.45) is 0. The van der Waals surface area contributed by atoms with Gasteiger partial charge in [0.1, 0.15) is 5.58 Å². The van der Waals surface area contributed by atoms with E-state index in [4.69, 9.17) is 16.0 Å². The van der Waals surface area contributed by atoms with E-state index in [1.807, 2.05) is 53.9 Å². The van der Waals surface area contributed by atoms with Crippen molar-refractivity contribution in [2.75, 3.05) is 5.32 Å². The minimum absolute atomic E-state index is 0.255. The van der Waals surface area contributed by atoms with Crippen molar-refractivity contribution < 1.29 is 9.21 Å². The molecule has 0 fully saturated rings. The average Bonchev–Trinajstić information content (AvgIpc) is 3.22. The molecule has 2 heterocycles. The summed E-state index contributed by atoms with van der Waals surface area (Å²) in [5.41, 5.74) is 2.24. The molecule has 0 unspecified atom stereocenters. The molecule has 0 aliphatic rings. The minimum atomic E-state index is -0.328. The molecule has 6 heteroatoms. The zero-order valence-corrected chi connectivity index (χ0v) is 13.9. The molecule has 0 atom stereocenters. The summed E-state index contributed by atoms with van der Waals surface area (Å²) in [7, 11) is 0. The van der Waals surface area contributed by atoms with Crippen molar-refractivity contribution in [1.82, 2.24) is 4.98 Å². The van der Waals surface area contributed by atoms with E-state index in [9.17, 15) is 4.79 Å². The second-order valence-corrected chi connectivity index (χ2v) is 6.39. The van der Waals surface area contributed by atoms with Crippen LogP contribution in [0.2, 0.25) is 5.02 Å². The Labute approximate surface area is 146 Å². The van der Waals surface area contributed by atoms with Crippen LogP contribution in [0.5, 0.6) is 0 Å². The molecule has 0 aliphatic carbocycles. The van der Waals surface area contributed by atoms with Gasteiger partial charge in [0.25, 0.3) is 5.91 Å². The number of hydrogen-bond donors (Lipinski definition) is 1. The maximum Gasteiger partial charge on any atom is 0.293 e. The highest BCUT2D eigenvalue weighted by Gasteiger charge is 2.15. The van der Waals surface area contributed by atoms with E-state index in [-0.39, 0.29) is 11.7 Å². The van der Waals surface area contributed by atoms with Crippen LogP contribution in [0.4, 0.5) is 5.13 Å². The van der Waals surface area contributed by atoms with Crippen LogP contribution < -0.4 is 5.32 Å². The van der Waals surface area contributed by atoms with Crippen molar-refractivity contribution in [2.45, 2.75) is 0 Å². The Bertz CT molecular complexity index is 1010. The molecule has 1 amide bonds. The first kappa shape index (κ1) is 14.9. The van der Waals surface area contributed by atoms with Gasteiger partial charge in [-0.15, -0.1) is 11.3 Å². The van der Waals surface area contributed by atoms with E-state index in [2.05, 4.69) is 10.3 Å². The monoisotopic (exact) mass is 354 g/mol. The van der Waals surface area contributed by atoms with Crippen LogP contribution in [0, 0.1) is 0 Å². The van der Waals surface area contributed by atoms with Gasteiger partial charge in [0.15, 0.2) is 10.9 Å². The first-order valence-corrected chi connectivity index (χ1v) is 8.47. The van der Waals surface area contributed by atoms with E-state index in [1.54, 1.807) is 6.07 Å². The van der Waals surface area contributed by atoms with Gasteiger partial charge < -0.3 is 4.42 Å². The molecule has 1 N–H and O–H groups in total. The quantitative estimate of drug-likeness (QED) is 0.531. The number of carbonyl (C=O) groups is 1. The normalized spacial score (nSPS) is 10.9. The number of halogens is 1. The number of nitrogens with zero attached hydrogens (tertiary/aromatic N) is 1. The molecule has 24 heavy (non-hydrogen) atoms. The lowest BCUT2D eigenvalue weighted by molar-refractivity contribution is 0.0998. The molecule has 0 radical (unpaired) electrons. The molecule has 4 aromatic rings. The van der Waals surface area contributed by atoms with Crippen LogP contribution in [-0.2, 0) is 0 Å². The van der Waals surface area contributed by atoms with Gasteiger partial charge in [0.2, 0.25) is 0 Å². The number of fused-ring (bicyclic) bond motifs is 1. The van der Waals surface area contributed by atoms with E-state index in [1.165, 1.54) is 11.3 Å². The predicted octanol–water partition coefficient (Wildman–Crippen LogP) is 5.46. The number of benzene rings is 2. The molecule has 0 aliphatic heterocycles. The Balaban J connectivity index is 1.57. The second-order valence-electron chi connectivity index (χ2n) is 5.12. The van der Waals surface area contributed by atoms with Gasteiger partial charge in [0.05, 0.1) is 5.69 Å². The molecular formula is C18H11ClN2O2S. The van der Waals surface area contributed by atoms with Crippen molar-refractivity contribution >= 4 is 44.9 Å². The van der Waals surface area contributed by atoms with Crippen molar-refractivity contribution in [2.24, 2.45) is 0 Å². The van der Waals surface area contributed by atoms with Crippen molar-refractivity contribution in [1.29, 1.82) is 0 Å². The number of carbonyl (C=O) groups excluding carboxylic acids is 1. The van der Waals surface area contributed by atoms with Gasteiger partial charge in [-0.1, -0.05) is 48.0 Å². The number of furan rings is 1. The smallest absolute Gasteiger partial charge is 0.293 e. The standard InChI is InChI=1S/C18H11ClN2O2S/c19-13-7-3-2-6-12(13)14-10-24-18(20-14)21-17(22)16-9-11-5-1-4-8-15(11)23-16/h1-10H,(H,20,21,22). The minimum Gasteiger partial charge on any atom is -0.451 e. The number of thiazole rings is 1. The largest absolute Gasteiger partial charge is 0.451 e. The lowest BCUT2D eigenvalue weighted by atomic mass is 10.2. The van der Waals surface area contributed by atoms with E-state index < -0.39 is 0 Å². The number of hydrogen-bond acceptors (Lipinski definition) is 4. The Kier molecular flexibility index (Phi) is 3.80. The van der Waals surface area contributed by atoms with E-state index >= 15 is 0 Å². The summed E-state index contributed by atoms with van der Waals surface area (Å²) >= 11 is 7.52. The zero-order valence-electron chi connectivity index (χ0n) is 12.3. The summed E-state index contributed by atoms with van der Waals surface area (Å²) in [5.74, 6) is -0.0723. The molecule has 2 aromatic carbocycles. The number of amides is 1. The van der Waals surface area contributed by atoms with Crippen LogP contribution >= 0.6 is 22.9 Å². The zero-order chi connectivity index (χ0) is 16.5. The molecular weight excluding hydrogens is 344 g/mol. The number of nitrogens with one attached hydrogen (secondary N) is 1. The van der Waals surface area contributed by atoms with Crippen molar-refractivity contribution in [3.63, 3.8) is 0 Å². The Morgan fingerprint density at radius 2 is 1.92 bits per heavy atom. The van der Waals surface area contributed by atoms with Gasteiger partial charge in [-0.25, -0.2) is 4.98 Å². The third-order valence-corrected chi connectivity index (χ3v) is 4.61. The third kappa shape index (κ3) is 2.79. The molecule has 0 bridgehead atoms. The number of aromatic nitrogens is 1. The van der Waals surface area contributed by atoms with Crippen LogP contribution in [0.3, 0.4) is 0 Å². The van der Waals surface area contributed by atoms with Crippen LogP contribution in [-0.4, -0.2) is 10.9 Å². The van der Waals surface area contributed by atoms with E-state index in [0.717, 1.165) is 16.6 Å². The molecule has 0 saturated heterocycles. The second kappa shape index (κ2) is 6.11. The molecule has 2 aromatic heterocycles. The third-order valence-electron chi connectivity index (χ3n) is 3.52. The Morgan fingerprint density at radius 3 is 2.75 bits per heavy atom. The van der Waals surface area contributed by atoms with Gasteiger partial charge in [-0.3, -0.25) is 10.1 Å². The lowest BCUT2D eigenvalue weighted by Gasteiger charge is -1.99. The van der Waals surface area contributed by atoms with Crippen molar-refractivity contribution in [3.05, 3.63) is 70.8 Å².